The van der Waals surface area contributed by atoms with Gasteiger partial charge in [0.05, 0.1) is 13.2 Å². The lowest BCUT2D eigenvalue weighted by Gasteiger charge is -2.25. The summed E-state index contributed by atoms with van der Waals surface area (Å²) in [6, 6.07) is 6.93. The quantitative estimate of drug-likeness (QED) is 0.675. The van der Waals surface area contributed by atoms with E-state index in [0.29, 0.717) is 25.2 Å². The number of primary amides is 1. The van der Waals surface area contributed by atoms with Gasteiger partial charge in [0.1, 0.15) is 11.8 Å². The minimum absolute atomic E-state index is 0.0694. The van der Waals surface area contributed by atoms with Crippen molar-refractivity contribution in [2.45, 2.75) is 45.8 Å². The molecule has 1 aromatic carbocycles. The van der Waals surface area contributed by atoms with Crippen molar-refractivity contribution in [3.8, 4) is 5.75 Å². The number of pyridine rings is 1. The van der Waals surface area contributed by atoms with Crippen LogP contribution in [0.3, 0.4) is 0 Å². The van der Waals surface area contributed by atoms with Crippen molar-refractivity contribution in [2.75, 3.05) is 25.1 Å². The van der Waals surface area contributed by atoms with Gasteiger partial charge < -0.3 is 25.8 Å². The fourth-order valence-electron chi connectivity index (χ4n) is 3.02. The van der Waals surface area contributed by atoms with Crippen LogP contribution in [0, 0.1) is 11.6 Å². The SMILES string of the molecule is CC.CC1CC[C@H](C(=O)N(CCN)c2ccnc(C(N)=O)c2)O1.COc1cccc(F)c1F. The molecular weight excluding hydrogens is 434 g/mol. The predicted octanol–water partition coefficient (Wildman–Crippen LogP) is 3.04. The first-order valence-corrected chi connectivity index (χ1v) is 10.7. The molecule has 10 heteroatoms. The Bertz CT molecular complexity index is 914. The van der Waals surface area contributed by atoms with Crippen LogP contribution in [0.15, 0.2) is 36.5 Å². The molecule has 2 atom stereocenters. The highest BCUT2D eigenvalue weighted by molar-refractivity contribution is 5.98. The zero-order valence-electron chi connectivity index (χ0n) is 19.4. The summed E-state index contributed by atoms with van der Waals surface area (Å²) in [5, 5.41) is 0. The van der Waals surface area contributed by atoms with Crippen LogP contribution in [0.1, 0.15) is 44.1 Å². The Hall–Kier alpha value is -3.11. The van der Waals surface area contributed by atoms with E-state index in [-0.39, 0.29) is 23.5 Å². The summed E-state index contributed by atoms with van der Waals surface area (Å²) in [6.45, 7) is 6.59. The summed E-state index contributed by atoms with van der Waals surface area (Å²) < 4.78 is 34.9. The Kier molecular flexibility index (Phi) is 12.0. The largest absolute Gasteiger partial charge is 0.494 e. The molecule has 8 nitrogen and oxygen atoms in total. The first kappa shape index (κ1) is 27.9. The molecule has 4 N–H and O–H groups in total. The minimum atomic E-state index is -0.940. The summed E-state index contributed by atoms with van der Waals surface area (Å²) in [5.41, 5.74) is 11.5. The number of anilines is 1. The number of ether oxygens (including phenoxy) is 2. The van der Waals surface area contributed by atoms with Crippen LogP contribution >= 0.6 is 0 Å². The van der Waals surface area contributed by atoms with Crippen molar-refractivity contribution >= 4 is 17.5 Å². The molecule has 0 saturated carbocycles. The maximum Gasteiger partial charge on any atom is 0.267 e. The van der Waals surface area contributed by atoms with Gasteiger partial charge in [-0.25, -0.2) is 4.39 Å². The maximum atomic E-state index is 12.6. The van der Waals surface area contributed by atoms with Gasteiger partial charge in [-0.15, -0.1) is 0 Å². The van der Waals surface area contributed by atoms with E-state index in [4.69, 9.17) is 16.2 Å². The van der Waals surface area contributed by atoms with E-state index in [1.165, 1.54) is 36.4 Å². The first-order valence-electron chi connectivity index (χ1n) is 10.7. The van der Waals surface area contributed by atoms with Gasteiger partial charge >= 0.3 is 0 Å². The molecule has 33 heavy (non-hydrogen) atoms. The number of hydrogen-bond donors (Lipinski definition) is 2. The second-order valence-corrected chi connectivity index (χ2v) is 6.81. The molecule has 1 saturated heterocycles. The summed E-state index contributed by atoms with van der Waals surface area (Å²) in [6.07, 6.45) is 2.61. The molecule has 0 aliphatic carbocycles. The third-order valence-electron chi connectivity index (χ3n) is 4.57. The second kappa shape index (κ2) is 14.1. The molecule has 2 amide bonds. The summed E-state index contributed by atoms with van der Waals surface area (Å²) in [7, 11) is 1.29. The number of carbonyl (C=O) groups excluding carboxylic acids is 2. The van der Waals surface area contributed by atoms with Crippen LogP contribution in [0.2, 0.25) is 0 Å². The van der Waals surface area contributed by atoms with E-state index < -0.39 is 23.6 Å². The van der Waals surface area contributed by atoms with E-state index in [1.807, 2.05) is 20.8 Å². The van der Waals surface area contributed by atoms with Crippen LogP contribution in [0.25, 0.3) is 0 Å². The minimum Gasteiger partial charge on any atom is -0.494 e. The first-order chi connectivity index (χ1) is 15.8. The summed E-state index contributed by atoms with van der Waals surface area (Å²) in [5.74, 6) is -2.68. The van der Waals surface area contributed by atoms with E-state index >= 15 is 0 Å². The van der Waals surface area contributed by atoms with E-state index in [1.54, 1.807) is 6.07 Å². The molecule has 0 bridgehead atoms. The Balaban J connectivity index is 0.000000380. The van der Waals surface area contributed by atoms with Crippen LogP contribution in [0.4, 0.5) is 14.5 Å². The lowest BCUT2D eigenvalue weighted by Crippen LogP contribution is -2.42. The van der Waals surface area contributed by atoms with Crippen molar-refractivity contribution in [2.24, 2.45) is 11.5 Å². The van der Waals surface area contributed by atoms with E-state index in [9.17, 15) is 18.4 Å². The Morgan fingerprint density at radius 1 is 1.24 bits per heavy atom. The number of carbonyl (C=O) groups is 2. The third-order valence-corrected chi connectivity index (χ3v) is 4.57. The van der Waals surface area contributed by atoms with Gasteiger partial charge in [-0.3, -0.25) is 14.6 Å². The predicted molar refractivity (Wildman–Crippen MR) is 122 cm³/mol. The molecule has 182 valence electrons. The fourth-order valence-corrected chi connectivity index (χ4v) is 3.02. The number of hydrogen-bond acceptors (Lipinski definition) is 6. The van der Waals surface area contributed by atoms with Crippen molar-refractivity contribution in [3.05, 3.63) is 53.9 Å². The Labute approximate surface area is 192 Å². The molecule has 1 fully saturated rings. The molecule has 2 heterocycles. The van der Waals surface area contributed by atoms with Crippen LogP contribution < -0.4 is 21.1 Å². The molecular formula is C23H32F2N4O4. The third kappa shape index (κ3) is 8.07. The van der Waals surface area contributed by atoms with E-state index in [2.05, 4.69) is 9.72 Å². The zero-order chi connectivity index (χ0) is 25.0. The molecule has 0 radical (unpaired) electrons. The Morgan fingerprint density at radius 2 is 1.94 bits per heavy atom. The highest BCUT2D eigenvalue weighted by Gasteiger charge is 2.32. The lowest BCUT2D eigenvalue weighted by atomic mass is 10.1. The molecule has 1 aliphatic heterocycles. The van der Waals surface area contributed by atoms with Crippen LogP contribution in [-0.2, 0) is 9.53 Å². The molecule has 0 spiro atoms. The number of halogens is 2. The van der Waals surface area contributed by atoms with Gasteiger partial charge in [-0.2, -0.15) is 4.39 Å². The number of rotatable bonds is 6. The van der Waals surface area contributed by atoms with Gasteiger partial charge in [0, 0.05) is 25.0 Å². The highest BCUT2D eigenvalue weighted by Crippen LogP contribution is 2.24. The zero-order valence-corrected chi connectivity index (χ0v) is 19.4. The average Bonchev–Trinajstić information content (AvgIpc) is 3.27. The average molecular weight is 467 g/mol. The van der Waals surface area contributed by atoms with Crippen LogP contribution in [0.5, 0.6) is 5.75 Å². The number of benzene rings is 1. The summed E-state index contributed by atoms with van der Waals surface area (Å²) >= 11 is 0. The maximum absolute atomic E-state index is 12.6. The van der Waals surface area contributed by atoms with Crippen molar-refractivity contribution in [3.63, 3.8) is 0 Å². The highest BCUT2D eigenvalue weighted by atomic mass is 19.2. The molecule has 1 aromatic heterocycles. The van der Waals surface area contributed by atoms with Gasteiger partial charge in [0.25, 0.3) is 11.8 Å². The van der Waals surface area contributed by atoms with Crippen molar-refractivity contribution in [1.82, 2.24) is 4.98 Å². The van der Waals surface area contributed by atoms with Gasteiger partial charge in [0.15, 0.2) is 11.6 Å². The normalized spacial score (nSPS) is 16.6. The summed E-state index contributed by atoms with van der Waals surface area (Å²) in [4.78, 5) is 29.2. The number of nitrogens with two attached hydrogens (primary N) is 2. The smallest absolute Gasteiger partial charge is 0.267 e. The van der Waals surface area contributed by atoms with Gasteiger partial charge in [-0.05, 0) is 44.0 Å². The monoisotopic (exact) mass is 466 g/mol. The van der Waals surface area contributed by atoms with Crippen molar-refractivity contribution in [1.29, 1.82) is 0 Å². The lowest BCUT2D eigenvalue weighted by molar-refractivity contribution is -0.128. The fraction of sp³-hybridized carbons (Fsp3) is 0.435. The van der Waals surface area contributed by atoms with Gasteiger partial charge in [0.2, 0.25) is 5.82 Å². The number of aromatic nitrogens is 1. The van der Waals surface area contributed by atoms with E-state index in [0.717, 1.165) is 12.5 Å². The molecule has 1 unspecified atom stereocenters. The number of amides is 2. The second-order valence-electron chi connectivity index (χ2n) is 6.81. The molecule has 3 rings (SSSR count). The van der Waals surface area contributed by atoms with Gasteiger partial charge in [-0.1, -0.05) is 19.9 Å². The number of nitrogens with zero attached hydrogens (tertiary/aromatic N) is 2. The standard InChI is InChI=1S/C14H20N4O3.C7H6F2O.C2H6/c1-9-2-3-12(21-9)14(20)18(7-5-15)10-4-6-17-11(8-10)13(16)19;1-10-6-4-2-3-5(8)7(6)9;1-2/h4,6,8-9,12H,2-3,5,7,15H2,1H3,(H2,16,19);2-4H,1H3;1-2H3/t9?,12-;;/m1../s1. The van der Waals surface area contributed by atoms with Crippen LogP contribution in [-0.4, -0.2) is 49.2 Å². The van der Waals surface area contributed by atoms with Crippen molar-refractivity contribution < 1.29 is 27.8 Å². The Morgan fingerprint density at radius 3 is 2.45 bits per heavy atom. The number of methoxy groups -OCH3 is 1. The molecule has 2 aromatic rings. The topological polar surface area (TPSA) is 121 Å². The molecule has 1 aliphatic rings.